The number of rotatable bonds is 7. The number of aromatic nitrogens is 3. The number of phenolic OH excluding ortho intramolecular Hbond substituents is 1. The van der Waals surface area contributed by atoms with Crippen LogP contribution in [0.2, 0.25) is 0 Å². The van der Waals surface area contributed by atoms with Crippen LogP contribution in [0, 0.1) is 0 Å². The van der Waals surface area contributed by atoms with Crippen molar-refractivity contribution < 1.29 is 14.4 Å². The maximum atomic E-state index is 12.5. The Morgan fingerprint density at radius 2 is 2.00 bits per heavy atom. The van der Waals surface area contributed by atoms with Gasteiger partial charge in [0.25, 0.3) is 0 Å². The van der Waals surface area contributed by atoms with Gasteiger partial charge in [0.1, 0.15) is 11.4 Å². The Labute approximate surface area is 157 Å². The molecule has 0 saturated heterocycles. The Morgan fingerprint density at radius 3 is 2.70 bits per heavy atom. The van der Waals surface area contributed by atoms with E-state index in [1.807, 2.05) is 31.2 Å². The summed E-state index contributed by atoms with van der Waals surface area (Å²) in [5.74, 6) is 1.09. The monoisotopic (exact) mass is 366 g/mol. The topological polar surface area (TPSA) is 92.3 Å². The third kappa shape index (κ3) is 4.91. The third-order valence-corrected chi connectivity index (χ3v) is 4.44. The molecule has 1 aromatic carbocycles. The number of pyridine rings is 1. The van der Waals surface area contributed by atoms with Gasteiger partial charge in [-0.1, -0.05) is 23.4 Å². The average molecular weight is 366 g/mol. The second-order valence-corrected chi connectivity index (χ2v) is 6.45. The van der Waals surface area contributed by atoms with Crippen molar-refractivity contribution >= 4 is 5.91 Å². The number of nitrogens with zero attached hydrogens (tertiary/aromatic N) is 4. The molecule has 1 atom stereocenters. The summed E-state index contributed by atoms with van der Waals surface area (Å²) in [5, 5.41) is 13.3. The second-order valence-electron chi connectivity index (χ2n) is 6.45. The molecule has 2 heterocycles. The molecular weight excluding hydrogens is 344 g/mol. The van der Waals surface area contributed by atoms with Gasteiger partial charge in [-0.05, 0) is 43.2 Å². The summed E-state index contributed by atoms with van der Waals surface area (Å²) < 4.78 is 5.22. The van der Waals surface area contributed by atoms with Crippen molar-refractivity contribution in [1.29, 1.82) is 0 Å². The van der Waals surface area contributed by atoms with Gasteiger partial charge in [-0.3, -0.25) is 9.78 Å². The van der Waals surface area contributed by atoms with Crippen LogP contribution in [0.25, 0.3) is 11.5 Å². The summed E-state index contributed by atoms with van der Waals surface area (Å²) in [6.45, 7) is 2.00. The number of likely N-dealkylation sites (N-methyl/N-ethyl adjacent to an activating group) is 1. The van der Waals surface area contributed by atoms with Crippen LogP contribution in [0.1, 0.15) is 24.8 Å². The molecule has 0 radical (unpaired) electrons. The van der Waals surface area contributed by atoms with E-state index in [0.717, 1.165) is 5.56 Å². The normalized spacial score (nSPS) is 11.9. The van der Waals surface area contributed by atoms with E-state index in [-0.39, 0.29) is 17.7 Å². The molecule has 7 heteroatoms. The molecule has 3 rings (SSSR count). The summed E-state index contributed by atoms with van der Waals surface area (Å²) in [5.41, 5.74) is 1.70. The molecule has 0 fully saturated rings. The van der Waals surface area contributed by atoms with Gasteiger partial charge in [-0.25, -0.2) is 0 Å². The van der Waals surface area contributed by atoms with Crippen molar-refractivity contribution in [3.63, 3.8) is 0 Å². The van der Waals surface area contributed by atoms with Crippen LogP contribution >= 0.6 is 0 Å². The zero-order valence-corrected chi connectivity index (χ0v) is 15.4. The molecule has 1 amide bonds. The first-order valence-corrected chi connectivity index (χ1v) is 8.80. The van der Waals surface area contributed by atoms with Crippen LogP contribution in [0.5, 0.6) is 5.75 Å². The number of aryl methyl sites for hydroxylation is 1. The Morgan fingerprint density at radius 1 is 1.22 bits per heavy atom. The molecular formula is C20H22N4O3. The molecule has 2 aromatic heterocycles. The number of phenols is 1. The van der Waals surface area contributed by atoms with Crippen molar-refractivity contribution in [2.45, 2.75) is 32.2 Å². The lowest BCUT2D eigenvalue weighted by atomic mass is 10.1. The minimum Gasteiger partial charge on any atom is -0.508 e. The van der Waals surface area contributed by atoms with Gasteiger partial charge in [0, 0.05) is 32.1 Å². The summed E-state index contributed by atoms with van der Waals surface area (Å²) >= 11 is 0. The molecule has 3 aromatic rings. The molecule has 0 bridgehead atoms. The Kier molecular flexibility index (Phi) is 5.80. The molecule has 140 valence electrons. The summed E-state index contributed by atoms with van der Waals surface area (Å²) in [6, 6.07) is 12.5. The number of amides is 1. The van der Waals surface area contributed by atoms with Gasteiger partial charge < -0.3 is 14.5 Å². The maximum Gasteiger partial charge on any atom is 0.227 e. The fourth-order valence-electron chi connectivity index (χ4n) is 2.70. The first kappa shape index (κ1) is 18.6. The smallest absolute Gasteiger partial charge is 0.227 e. The Balaban J connectivity index is 1.52. The van der Waals surface area contributed by atoms with Crippen LogP contribution in [0.15, 0.2) is 53.2 Å². The minimum absolute atomic E-state index is 0.0128. The lowest BCUT2D eigenvalue weighted by molar-refractivity contribution is -0.131. The van der Waals surface area contributed by atoms with E-state index in [9.17, 15) is 9.90 Å². The summed E-state index contributed by atoms with van der Waals surface area (Å²) in [7, 11) is 1.79. The zero-order chi connectivity index (χ0) is 19.2. The fraction of sp³-hybridized carbons (Fsp3) is 0.300. The number of aromatic hydroxyl groups is 1. The standard InChI is InChI=1S/C20H22N4O3/c1-14(13-15-6-8-16(25)9-7-15)24(2)19(26)11-10-18-22-20(23-27-18)17-5-3-4-12-21-17/h3-9,12,14,25H,10-11,13H2,1-2H3/t14-/m1/s1. The van der Waals surface area contributed by atoms with Gasteiger partial charge in [0.2, 0.25) is 17.6 Å². The SMILES string of the molecule is C[C@H](Cc1ccc(O)cc1)N(C)C(=O)CCc1nc(-c2ccccn2)no1. The van der Waals surface area contributed by atoms with E-state index in [1.165, 1.54) is 0 Å². The van der Waals surface area contributed by atoms with Gasteiger partial charge in [0.15, 0.2) is 0 Å². The Bertz CT molecular complexity index is 878. The molecule has 0 unspecified atom stereocenters. The second kappa shape index (κ2) is 8.44. The molecule has 0 aliphatic carbocycles. The zero-order valence-electron chi connectivity index (χ0n) is 15.4. The highest BCUT2D eigenvalue weighted by molar-refractivity contribution is 5.76. The predicted molar refractivity (Wildman–Crippen MR) is 99.9 cm³/mol. The average Bonchev–Trinajstić information content (AvgIpc) is 3.17. The first-order chi connectivity index (χ1) is 13.0. The minimum atomic E-state index is 0.0128. The summed E-state index contributed by atoms with van der Waals surface area (Å²) in [4.78, 5) is 22.7. The Hall–Kier alpha value is -3.22. The van der Waals surface area contributed by atoms with Crippen LogP contribution in [-0.2, 0) is 17.6 Å². The number of carbonyl (C=O) groups is 1. The number of carbonyl (C=O) groups excluding carboxylic acids is 1. The lowest BCUT2D eigenvalue weighted by Gasteiger charge is -2.25. The molecule has 0 aliphatic heterocycles. The molecule has 0 aliphatic rings. The van der Waals surface area contributed by atoms with Gasteiger partial charge >= 0.3 is 0 Å². The largest absolute Gasteiger partial charge is 0.508 e. The van der Waals surface area contributed by atoms with Gasteiger partial charge in [-0.2, -0.15) is 4.98 Å². The highest BCUT2D eigenvalue weighted by atomic mass is 16.5. The maximum absolute atomic E-state index is 12.5. The fourth-order valence-corrected chi connectivity index (χ4v) is 2.70. The molecule has 7 nitrogen and oxygen atoms in total. The predicted octanol–water partition coefficient (Wildman–Crippen LogP) is 2.86. The van der Waals surface area contributed by atoms with E-state index in [2.05, 4.69) is 15.1 Å². The van der Waals surface area contributed by atoms with E-state index in [0.29, 0.717) is 36.7 Å². The summed E-state index contributed by atoms with van der Waals surface area (Å²) in [6.07, 6.45) is 3.06. The van der Waals surface area contributed by atoms with Crippen LogP contribution < -0.4 is 0 Å². The molecule has 0 spiro atoms. The van der Waals surface area contributed by atoms with E-state index >= 15 is 0 Å². The van der Waals surface area contributed by atoms with E-state index < -0.39 is 0 Å². The first-order valence-electron chi connectivity index (χ1n) is 8.80. The van der Waals surface area contributed by atoms with Crippen LogP contribution in [0.4, 0.5) is 0 Å². The molecule has 0 saturated carbocycles. The third-order valence-electron chi connectivity index (χ3n) is 4.44. The van der Waals surface area contributed by atoms with Crippen LogP contribution in [-0.4, -0.2) is 44.1 Å². The number of hydrogen-bond donors (Lipinski definition) is 1. The highest BCUT2D eigenvalue weighted by Gasteiger charge is 2.18. The molecule has 27 heavy (non-hydrogen) atoms. The number of benzene rings is 1. The quantitative estimate of drug-likeness (QED) is 0.691. The number of hydrogen-bond acceptors (Lipinski definition) is 6. The van der Waals surface area contributed by atoms with Gasteiger partial charge in [-0.15, -0.1) is 0 Å². The van der Waals surface area contributed by atoms with Crippen molar-refractivity contribution in [3.8, 4) is 17.3 Å². The van der Waals surface area contributed by atoms with Crippen molar-refractivity contribution in [1.82, 2.24) is 20.0 Å². The van der Waals surface area contributed by atoms with E-state index in [1.54, 1.807) is 36.3 Å². The van der Waals surface area contributed by atoms with Crippen molar-refractivity contribution in [2.24, 2.45) is 0 Å². The van der Waals surface area contributed by atoms with Crippen molar-refractivity contribution in [3.05, 3.63) is 60.1 Å². The lowest BCUT2D eigenvalue weighted by Crippen LogP contribution is -2.36. The van der Waals surface area contributed by atoms with E-state index in [4.69, 9.17) is 4.52 Å². The van der Waals surface area contributed by atoms with Crippen LogP contribution in [0.3, 0.4) is 0 Å². The molecule has 1 N–H and O–H groups in total. The van der Waals surface area contributed by atoms with Crippen molar-refractivity contribution in [2.75, 3.05) is 7.05 Å². The highest BCUT2D eigenvalue weighted by Crippen LogP contribution is 2.15. The van der Waals surface area contributed by atoms with Gasteiger partial charge in [0.05, 0.1) is 0 Å².